The number of carbonyl (C=O) groups excluding carboxylic acids is 1. The zero-order valence-electron chi connectivity index (χ0n) is 17.9. The Bertz CT molecular complexity index is 1300. The number of hydrogen-bond acceptors (Lipinski definition) is 5. The van der Waals surface area contributed by atoms with E-state index in [1.807, 2.05) is 18.2 Å². The number of hydrogen-bond donors (Lipinski definition) is 0. The molecule has 0 radical (unpaired) electrons. The molecule has 2 aliphatic rings. The number of likely N-dealkylation sites (N-methyl/N-ethyl adjacent to an activating group) is 1. The Balaban J connectivity index is 0.00000324. The van der Waals surface area contributed by atoms with E-state index in [2.05, 4.69) is 15.3 Å². The molecule has 0 N–H and O–H groups in total. The molecule has 0 saturated heterocycles. The van der Waals surface area contributed by atoms with Crippen molar-refractivity contribution in [3.63, 3.8) is 0 Å². The number of aliphatic imine (C=N–C) groups is 1. The van der Waals surface area contributed by atoms with Gasteiger partial charge >= 0.3 is 198 Å². The van der Waals surface area contributed by atoms with Crippen molar-refractivity contribution in [2.45, 2.75) is 30.3 Å². The fourth-order valence-electron chi connectivity index (χ4n) is 4.01. The second kappa shape index (κ2) is 9.40. The number of halogens is 4. The SMILES string of the molecule is CN1C(=O)C(c2cccc(OS(=O)(=O)C(F)(F)F)c2)(c2cccc(C3=CCCC3)c2)N=C1[AsH2].Cl. The van der Waals surface area contributed by atoms with Crippen LogP contribution in [0.4, 0.5) is 13.2 Å². The Morgan fingerprint density at radius 1 is 1.12 bits per heavy atom. The van der Waals surface area contributed by atoms with Gasteiger partial charge in [0.25, 0.3) is 0 Å². The van der Waals surface area contributed by atoms with Gasteiger partial charge in [0.1, 0.15) is 0 Å². The summed E-state index contributed by atoms with van der Waals surface area (Å²) in [6.07, 6.45) is 5.06. The van der Waals surface area contributed by atoms with Gasteiger partial charge in [-0.3, -0.25) is 0 Å². The Morgan fingerprint density at radius 3 is 2.32 bits per heavy atom. The van der Waals surface area contributed by atoms with E-state index in [1.54, 1.807) is 13.1 Å². The van der Waals surface area contributed by atoms with Crippen LogP contribution in [0.25, 0.3) is 5.57 Å². The number of amides is 1. The number of carbonyl (C=O) groups is 1. The van der Waals surface area contributed by atoms with Crippen molar-refractivity contribution in [3.05, 3.63) is 71.3 Å². The summed E-state index contributed by atoms with van der Waals surface area (Å²) in [6.45, 7) is 0. The molecule has 2 atom stereocenters. The number of allylic oxidation sites excluding steroid dienone is 2. The van der Waals surface area contributed by atoms with Crippen molar-refractivity contribution < 1.29 is 30.6 Å². The fourth-order valence-corrected chi connectivity index (χ4v) is 5.11. The van der Waals surface area contributed by atoms with Gasteiger partial charge in [-0.25, -0.2) is 0 Å². The summed E-state index contributed by atoms with van der Waals surface area (Å²) in [4.78, 5) is 19.5. The molecule has 12 heteroatoms. The van der Waals surface area contributed by atoms with Crippen molar-refractivity contribution in [2.75, 3.05) is 7.05 Å². The molecule has 1 aliphatic heterocycles. The second-order valence-corrected chi connectivity index (χ2v) is 10.4. The van der Waals surface area contributed by atoms with Crippen LogP contribution < -0.4 is 4.18 Å². The Labute approximate surface area is 209 Å². The van der Waals surface area contributed by atoms with E-state index in [4.69, 9.17) is 0 Å². The third kappa shape index (κ3) is 4.51. The topological polar surface area (TPSA) is 76.0 Å². The molecule has 0 fully saturated rings. The summed E-state index contributed by atoms with van der Waals surface area (Å²) in [5, 5.41) is 0. The Morgan fingerprint density at radius 2 is 1.76 bits per heavy atom. The molecule has 2 unspecified atom stereocenters. The molecule has 0 saturated carbocycles. The van der Waals surface area contributed by atoms with Crippen molar-refractivity contribution >= 4 is 55.5 Å². The maximum Gasteiger partial charge on any atom is -0.147 e. The van der Waals surface area contributed by atoms with E-state index in [0.29, 0.717) is 10.2 Å². The van der Waals surface area contributed by atoms with Crippen LogP contribution in [0, 0.1) is 0 Å². The summed E-state index contributed by atoms with van der Waals surface area (Å²) in [7, 11) is -4.29. The minimum absolute atomic E-state index is 0. The molecule has 0 aromatic heterocycles. The molecule has 1 aliphatic carbocycles. The summed E-state index contributed by atoms with van der Waals surface area (Å²) in [6, 6.07) is 12.4. The van der Waals surface area contributed by atoms with E-state index in [1.165, 1.54) is 17.0 Å². The first-order valence-electron chi connectivity index (χ1n) is 10.0. The molecule has 2 aromatic carbocycles. The standard InChI is InChI=1S/C22H20AsF3N2O4S.ClH/c1-28-19(29)21(27-20(28)23,16-9-4-8-15(12-16)14-6-2-3-7-14)17-10-5-11-18(13-17)32-33(30,31)22(24,25)26;/h4-6,8-13H,2-3,7,23H2,1H3;1H. The Hall–Kier alpha value is -2.29. The van der Waals surface area contributed by atoms with Gasteiger partial charge in [0.15, 0.2) is 0 Å². The van der Waals surface area contributed by atoms with E-state index < -0.39 is 32.8 Å². The average molecular weight is 577 g/mol. The third-order valence-corrected chi connectivity index (χ3v) is 7.74. The first-order chi connectivity index (χ1) is 15.5. The molecule has 1 heterocycles. The molecular formula is C22H21AsClF3N2O4S. The van der Waals surface area contributed by atoms with Gasteiger partial charge in [-0.2, -0.15) is 0 Å². The summed E-state index contributed by atoms with van der Waals surface area (Å²) in [5.74, 6) is -0.949. The number of rotatable bonds is 5. The minimum Gasteiger partial charge on any atom is -0.147 e. The zero-order chi connectivity index (χ0) is 24.0. The van der Waals surface area contributed by atoms with E-state index in [-0.39, 0.29) is 18.0 Å². The van der Waals surface area contributed by atoms with Gasteiger partial charge in [0.2, 0.25) is 0 Å². The van der Waals surface area contributed by atoms with Crippen LogP contribution in [0.5, 0.6) is 5.75 Å². The Kier molecular flexibility index (Phi) is 7.27. The largest absolute Gasteiger partial charge is 0.147 e. The maximum absolute atomic E-state index is 13.5. The number of alkyl halides is 3. The van der Waals surface area contributed by atoms with Crippen LogP contribution in [0.1, 0.15) is 36.0 Å². The summed E-state index contributed by atoms with van der Waals surface area (Å²) < 4.78 is 66.3. The van der Waals surface area contributed by atoms with E-state index >= 15 is 0 Å². The molecule has 182 valence electrons. The molecule has 4 rings (SSSR count). The van der Waals surface area contributed by atoms with Gasteiger partial charge in [0, 0.05) is 0 Å². The first kappa shape index (κ1) is 26.3. The molecule has 34 heavy (non-hydrogen) atoms. The van der Waals surface area contributed by atoms with Gasteiger partial charge in [0.05, 0.1) is 0 Å². The van der Waals surface area contributed by atoms with Crippen molar-refractivity contribution in [3.8, 4) is 5.75 Å². The third-order valence-electron chi connectivity index (χ3n) is 5.67. The number of nitrogens with zero attached hydrogens (tertiary/aromatic N) is 2. The smallest absolute Gasteiger partial charge is 0.147 e. The molecule has 6 nitrogen and oxygen atoms in total. The van der Waals surface area contributed by atoms with Gasteiger partial charge in [-0.05, 0) is 0 Å². The fraction of sp³-hybridized carbons (Fsp3) is 0.273. The molecule has 2 aromatic rings. The number of benzene rings is 2. The predicted octanol–water partition coefficient (Wildman–Crippen LogP) is 3.61. The van der Waals surface area contributed by atoms with Crippen LogP contribution in [-0.4, -0.2) is 53.3 Å². The monoisotopic (exact) mass is 576 g/mol. The predicted molar refractivity (Wildman–Crippen MR) is 127 cm³/mol. The van der Waals surface area contributed by atoms with Crippen LogP contribution in [-0.2, 0) is 20.5 Å². The average Bonchev–Trinajstić information content (AvgIpc) is 3.37. The minimum atomic E-state index is -5.86. The summed E-state index contributed by atoms with van der Waals surface area (Å²) >= 11 is 1.11. The van der Waals surface area contributed by atoms with Crippen LogP contribution in [0.2, 0.25) is 0 Å². The van der Waals surface area contributed by atoms with Crippen molar-refractivity contribution in [1.82, 2.24) is 4.90 Å². The van der Waals surface area contributed by atoms with Crippen molar-refractivity contribution in [1.29, 1.82) is 0 Å². The maximum atomic E-state index is 13.5. The second-order valence-electron chi connectivity index (χ2n) is 7.76. The molecule has 0 bridgehead atoms. The van der Waals surface area contributed by atoms with Crippen molar-refractivity contribution in [2.24, 2.45) is 4.99 Å². The molecule has 0 spiro atoms. The zero-order valence-corrected chi connectivity index (χ0v) is 21.9. The molecule has 1 amide bonds. The number of amidine groups is 1. The normalized spacial score (nSPS) is 20.6. The quantitative estimate of drug-likeness (QED) is 0.310. The van der Waals surface area contributed by atoms with E-state index in [9.17, 15) is 26.4 Å². The van der Waals surface area contributed by atoms with Gasteiger partial charge in [-0.1, -0.05) is 0 Å². The first-order valence-corrected chi connectivity index (χ1v) is 12.6. The van der Waals surface area contributed by atoms with E-state index in [0.717, 1.165) is 59.4 Å². The molecular weight excluding hydrogens is 556 g/mol. The van der Waals surface area contributed by atoms with Crippen LogP contribution in [0.15, 0.2) is 59.6 Å². The van der Waals surface area contributed by atoms with Gasteiger partial charge in [-0.15, -0.1) is 12.4 Å². The van der Waals surface area contributed by atoms with Gasteiger partial charge < -0.3 is 0 Å². The van der Waals surface area contributed by atoms with Crippen LogP contribution >= 0.6 is 12.4 Å². The summed E-state index contributed by atoms with van der Waals surface area (Å²) in [5.41, 5.74) is -4.31. The van der Waals surface area contributed by atoms with Crippen LogP contribution in [0.3, 0.4) is 0 Å².